The molecule has 0 bridgehead atoms. The molecule has 0 radical (unpaired) electrons. The molecule has 0 aliphatic carbocycles. The van der Waals surface area contributed by atoms with E-state index in [0.717, 1.165) is 0 Å². The predicted molar refractivity (Wildman–Crippen MR) is 98.0 cm³/mol. The number of methoxy groups -OCH3 is 1. The Bertz CT molecular complexity index is 843. The monoisotopic (exact) mass is 411 g/mol. The molecule has 9 heteroatoms. The van der Waals surface area contributed by atoms with Gasteiger partial charge in [0.05, 0.1) is 13.7 Å². The van der Waals surface area contributed by atoms with Crippen LogP contribution in [0.3, 0.4) is 0 Å². The van der Waals surface area contributed by atoms with Gasteiger partial charge < -0.3 is 14.8 Å². The van der Waals surface area contributed by atoms with Crippen LogP contribution < -0.4 is 15.4 Å². The van der Waals surface area contributed by atoms with Gasteiger partial charge in [-0.2, -0.15) is 13.2 Å². The van der Waals surface area contributed by atoms with Gasteiger partial charge in [-0.05, 0) is 31.2 Å². The fourth-order valence-electron chi connectivity index (χ4n) is 2.71. The van der Waals surface area contributed by atoms with Gasteiger partial charge in [0, 0.05) is 11.1 Å². The summed E-state index contributed by atoms with van der Waals surface area (Å²) in [7, 11) is 1.39. The van der Waals surface area contributed by atoms with Gasteiger partial charge >= 0.3 is 17.8 Å². The van der Waals surface area contributed by atoms with Gasteiger partial charge in [0.1, 0.15) is 12.3 Å². The maximum absolute atomic E-state index is 14.1. The van der Waals surface area contributed by atoms with E-state index < -0.39 is 23.7 Å². The number of carbonyl (C=O) groups excluding carboxylic acids is 2. The normalized spacial score (nSPS) is 13.3. The molecule has 2 rings (SSSR count). The summed E-state index contributed by atoms with van der Waals surface area (Å²) in [5.41, 5.74) is -2.92. The summed E-state index contributed by atoms with van der Waals surface area (Å²) in [5, 5.41) is 2.54. The van der Waals surface area contributed by atoms with Crippen LogP contribution in [0.4, 0.5) is 13.2 Å². The lowest BCUT2D eigenvalue weighted by molar-refractivity contribution is -0.757. The zero-order valence-electron chi connectivity index (χ0n) is 16.0. The summed E-state index contributed by atoms with van der Waals surface area (Å²) in [4.78, 5) is 24.9. The van der Waals surface area contributed by atoms with Crippen molar-refractivity contribution in [2.75, 3.05) is 13.7 Å². The second-order valence-corrected chi connectivity index (χ2v) is 6.07. The van der Waals surface area contributed by atoms with Crippen LogP contribution in [-0.2, 0) is 16.1 Å². The minimum atomic E-state index is -5.13. The number of rotatable bonds is 8. The van der Waals surface area contributed by atoms with E-state index in [1.165, 1.54) is 38.3 Å². The number of esters is 1. The molecule has 1 atom stereocenters. The molecule has 156 valence electrons. The van der Waals surface area contributed by atoms with Crippen molar-refractivity contribution in [3.05, 3.63) is 65.7 Å². The second kappa shape index (κ2) is 9.42. The Kier molecular flexibility index (Phi) is 7.22. The number of quaternary nitrogens is 1. The van der Waals surface area contributed by atoms with Crippen LogP contribution in [0.25, 0.3) is 0 Å². The molecule has 0 heterocycles. The smallest absolute Gasteiger partial charge is 0.478 e. The van der Waals surface area contributed by atoms with Crippen molar-refractivity contribution < 1.29 is 37.6 Å². The van der Waals surface area contributed by atoms with Gasteiger partial charge in [-0.3, -0.25) is 10.1 Å². The number of amides is 1. The first-order valence-electron chi connectivity index (χ1n) is 8.83. The highest BCUT2D eigenvalue weighted by Gasteiger charge is 2.67. The van der Waals surface area contributed by atoms with E-state index in [0.29, 0.717) is 16.6 Å². The van der Waals surface area contributed by atoms with Crippen molar-refractivity contribution in [1.29, 1.82) is 0 Å². The summed E-state index contributed by atoms with van der Waals surface area (Å²) in [6, 6.07) is 13.8. The second-order valence-electron chi connectivity index (χ2n) is 6.07. The number of ether oxygens (including phenoxy) is 2. The molecule has 0 aliphatic rings. The molecule has 0 aliphatic heterocycles. The lowest BCUT2D eigenvalue weighted by atomic mass is 10.1. The Morgan fingerprint density at radius 2 is 1.66 bits per heavy atom. The highest BCUT2D eigenvalue weighted by molar-refractivity contribution is 5.97. The van der Waals surface area contributed by atoms with E-state index in [-0.39, 0.29) is 18.7 Å². The molecule has 0 unspecified atom stereocenters. The molecule has 6 nitrogen and oxygen atoms in total. The number of hydrogen-bond acceptors (Lipinski definition) is 4. The number of nitrogens with two attached hydrogens (primary N) is 1. The van der Waals surface area contributed by atoms with Gasteiger partial charge in [-0.25, -0.2) is 4.79 Å². The third kappa shape index (κ3) is 5.05. The van der Waals surface area contributed by atoms with Crippen molar-refractivity contribution >= 4 is 11.9 Å². The van der Waals surface area contributed by atoms with E-state index in [2.05, 4.69) is 4.74 Å². The highest BCUT2D eigenvalue weighted by atomic mass is 19.4. The molecular formula is C20H22F3N2O4+. The third-order valence-corrected chi connectivity index (χ3v) is 4.21. The van der Waals surface area contributed by atoms with Crippen LogP contribution in [-0.4, -0.2) is 37.4 Å². The molecule has 0 fully saturated rings. The number of alkyl halides is 3. The van der Waals surface area contributed by atoms with Crippen LogP contribution in [0.5, 0.6) is 5.75 Å². The molecule has 0 aromatic heterocycles. The number of hydrogen-bond donors (Lipinski definition) is 2. The van der Waals surface area contributed by atoms with E-state index in [1.807, 2.05) is 5.32 Å². The molecule has 29 heavy (non-hydrogen) atoms. The summed E-state index contributed by atoms with van der Waals surface area (Å²) in [6.07, 6.45) is -5.13. The summed E-state index contributed by atoms with van der Waals surface area (Å²) < 4.78 is 52.2. The summed E-state index contributed by atoms with van der Waals surface area (Å²) >= 11 is 0. The fraction of sp³-hybridized carbons (Fsp3) is 0.300. The Morgan fingerprint density at radius 3 is 2.24 bits per heavy atom. The van der Waals surface area contributed by atoms with Crippen LogP contribution in [0.1, 0.15) is 22.8 Å². The molecule has 3 N–H and O–H groups in total. The van der Waals surface area contributed by atoms with E-state index >= 15 is 0 Å². The standard InChI is InChI=1S/C20H21F3N2O4/c1-3-29-18(27)19(20(21,22)23,25-17(26)14-9-5-4-6-10-14)24-13-15-11-7-8-12-16(15)28-2/h4-12,24H,3,13H2,1-2H3,(H,25,26)/p+1/t19-/m0/s1. The molecule has 2 aromatic carbocycles. The molecule has 0 saturated carbocycles. The maximum Gasteiger partial charge on any atom is 0.478 e. The lowest BCUT2D eigenvalue weighted by Crippen LogP contribution is -3.06. The zero-order chi connectivity index (χ0) is 21.5. The third-order valence-electron chi connectivity index (χ3n) is 4.21. The van der Waals surface area contributed by atoms with E-state index in [4.69, 9.17) is 4.74 Å². The lowest BCUT2D eigenvalue weighted by Gasteiger charge is -2.31. The van der Waals surface area contributed by atoms with Crippen molar-refractivity contribution in [2.45, 2.75) is 25.3 Å². The van der Waals surface area contributed by atoms with Crippen LogP contribution in [0.2, 0.25) is 0 Å². The molecule has 1 amide bonds. The Labute approximate surface area is 166 Å². The van der Waals surface area contributed by atoms with Crippen LogP contribution >= 0.6 is 0 Å². The number of benzene rings is 2. The number of halogens is 3. The topological polar surface area (TPSA) is 81.2 Å². The Balaban J connectivity index is 2.42. The highest BCUT2D eigenvalue weighted by Crippen LogP contribution is 2.28. The van der Waals surface area contributed by atoms with Crippen molar-refractivity contribution in [3.8, 4) is 5.75 Å². The quantitative estimate of drug-likeness (QED) is 0.514. The summed E-state index contributed by atoms with van der Waals surface area (Å²) in [5.74, 6) is -2.29. The van der Waals surface area contributed by atoms with Gasteiger partial charge in [0.25, 0.3) is 5.91 Å². The first-order chi connectivity index (χ1) is 13.7. The predicted octanol–water partition coefficient (Wildman–Crippen LogP) is 2.01. The van der Waals surface area contributed by atoms with Crippen LogP contribution in [0.15, 0.2) is 54.6 Å². The van der Waals surface area contributed by atoms with Crippen LogP contribution in [0, 0.1) is 0 Å². The van der Waals surface area contributed by atoms with E-state index in [9.17, 15) is 22.8 Å². The molecule has 0 spiro atoms. The molecular weight excluding hydrogens is 389 g/mol. The fourth-order valence-corrected chi connectivity index (χ4v) is 2.71. The van der Waals surface area contributed by atoms with E-state index in [1.54, 1.807) is 30.3 Å². The largest absolute Gasteiger partial charge is 0.496 e. The Morgan fingerprint density at radius 1 is 1.03 bits per heavy atom. The maximum atomic E-state index is 14.1. The van der Waals surface area contributed by atoms with Crippen molar-refractivity contribution in [2.24, 2.45) is 0 Å². The van der Waals surface area contributed by atoms with Gasteiger partial charge in [-0.1, -0.05) is 30.3 Å². The number of carbonyl (C=O) groups is 2. The average Bonchev–Trinajstić information content (AvgIpc) is 2.71. The zero-order valence-corrected chi connectivity index (χ0v) is 16.0. The van der Waals surface area contributed by atoms with Gasteiger partial charge in [0.15, 0.2) is 0 Å². The van der Waals surface area contributed by atoms with Crippen molar-refractivity contribution in [3.63, 3.8) is 0 Å². The van der Waals surface area contributed by atoms with Gasteiger partial charge in [0.2, 0.25) is 0 Å². The molecule has 2 aromatic rings. The SMILES string of the molecule is CCOC(=O)[C@@](NC(=O)c1ccccc1)([NH2+]Cc1ccccc1OC)C(F)(F)F. The first-order valence-corrected chi connectivity index (χ1v) is 8.83. The first kappa shape index (κ1) is 22.2. The van der Waals surface area contributed by atoms with Gasteiger partial charge in [-0.15, -0.1) is 0 Å². The number of nitrogens with one attached hydrogen (secondary N) is 1. The molecule has 0 saturated heterocycles. The summed E-state index contributed by atoms with van der Waals surface area (Å²) in [6.45, 7) is 0.816. The number of para-hydroxylation sites is 1. The average molecular weight is 411 g/mol. The Hall–Kier alpha value is -3.07. The van der Waals surface area contributed by atoms with Crippen molar-refractivity contribution in [1.82, 2.24) is 5.32 Å². The minimum Gasteiger partial charge on any atom is -0.496 e. The minimum absolute atomic E-state index is 0.0175.